The Morgan fingerprint density at radius 1 is 1.27 bits per heavy atom. The molecule has 0 aromatic heterocycles. The zero-order chi connectivity index (χ0) is 21.5. The van der Waals surface area contributed by atoms with E-state index in [1.54, 1.807) is 0 Å². The van der Waals surface area contributed by atoms with Crippen LogP contribution in [-0.2, 0) is 28.5 Å². The maximum absolute atomic E-state index is 12.8. The van der Waals surface area contributed by atoms with Crippen molar-refractivity contribution in [2.75, 3.05) is 7.11 Å². The van der Waals surface area contributed by atoms with E-state index in [1.165, 1.54) is 7.11 Å². The Balaban J connectivity index is 1.47. The summed E-state index contributed by atoms with van der Waals surface area (Å²) in [5.74, 6) is -1.24. The molecular formula is C21H29ClIO7-. The highest BCUT2D eigenvalue weighted by Crippen LogP contribution is 2.47. The predicted molar refractivity (Wildman–Crippen MR) is 115 cm³/mol. The number of hydrogen-bond acceptors (Lipinski definition) is 7. The summed E-state index contributed by atoms with van der Waals surface area (Å²) in [6.07, 6.45) is 1.89. The minimum atomic E-state index is -0.951. The van der Waals surface area contributed by atoms with Gasteiger partial charge in [0.25, 0.3) is 0 Å². The summed E-state index contributed by atoms with van der Waals surface area (Å²) in [6, 6.07) is 0. The van der Waals surface area contributed by atoms with Gasteiger partial charge in [-0.05, 0) is 58.3 Å². The van der Waals surface area contributed by atoms with E-state index in [9.17, 15) is 9.90 Å². The van der Waals surface area contributed by atoms with Crippen LogP contribution in [0.4, 0.5) is 0 Å². The standard InChI is InChI=1S/C21H29ClIO7/c1-11(23)7-12(22)5-6-21-10-14(24)19(30-21)16-9-17(29-21)20-15(28-16)4-3-13(27-20)8-18(25)26-2/h12-17,19-20H,1,3-10H2,2H3/q-1/t12-,13-,14?,15+,16?,17-,19?,20?,21-/m1/s1. The minimum absolute atomic E-state index is 0.0814. The van der Waals surface area contributed by atoms with Gasteiger partial charge < -0.3 is 28.8 Å². The Morgan fingerprint density at radius 2 is 2.07 bits per heavy atom. The molecule has 0 saturated carbocycles. The molecule has 4 fully saturated rings. The smallest absolute Gasteiger partial charge is 0.308 e. The molecule has 0 aromatic rings. The van der Waals surface area contributed by atoms with Gasteiger partial charge in [-0.25, -0.2) is 0 Å². The van der Waals surface area contributed by atoms with E-state index in [-0.39, 0.29) is 54.7 Å². The monoisotopic (exact) mass is 555 g/mol. The van der Waals surface area contributed by atoms with Gasteiger partial charge in [0, 0.05) is 18.2 Å². The van der Waals surface area contributed by atoms with Crippen LogP contribution in [0, 0.1) is 0 Å². The summed E-state index contributed by atoms with van der Waals surface area (Å²) < 4.78 is 31.0. The van der Waals surface area contributed by atoms with Crippen molar-refractivity contribution < 1.29 is 33.6 Å². The third-order valence-electron chi connectivity index (χ3n) is 6.54. The van der Waals surface area contributed by atoms with E-state index in [1.807, 2.05) is 0 Å². The first-order chi connectivity index (χ1) is 14.3. The van der Waals surface area contributed by atoms with Crippen LogP contribution in [0.15, 0.2) is 10.2 Å². The Bertz CT molecular complexity index is 663. The highest BCUT2D eigenvalue weighted by molar-refractivity contribution is 14.1. The van der Waals surface area contributed by atoms with Crippen molar-refractivity contribution in [1.82, 2.24) is 0 Å². The quantitative estimate of drug-likeness (QED) is 0.271. The molecular weight excluding hydrogens is 527 g/mol. The molecule has 30 heavy (non-hydrogen) atoms. The normalized spacial score (nSPS) is 43.4. The summed E-state index contributed by atoms with van der Waals surface area (Å²) in [6.45, 7) is 3.91. The molecule has 4 aliphatic rings. The molecule has 4 bridgehead atoms. The van der Waals surface area contributed by atoms with Crippen molar-refractivity contribution in [3.8, 4) is 0 Å². The van der Waals surface area contributed by atoms with Crippen molar-refractivity contribution in [2.45, 2.75) is 105 Å². The average Bonchev–Trinajstić information content (AvgIpc) is 2.95. The van der Waals surface area contributed by atoms with Gasteiger partial charge in [0.05, 0.1) is 44.1 Å². The second kappa shape index (κ2) is 9.49. The molecule has 4 saturated heterocycles. The summed E-state index contributed by atoms with van der Waals surface area (Å²) in [7, 11) is 1.38. The van der Waals surface area contributed by atoms with Crippen molar-refractivity contribution >= 4 is 40.2 Å². The number of carbonyl (C=O) groups is 1. The first kappa shape index (κ1) is 23.2. The number of carbonyl (C=O) groups excluding carboxylic acids is 1. The third kappa shape index (κ3) is 5.00. The third-order valence-corrected chi connectivity index (χ3v) is 7.35. The fourth-order valence-electron chi connectivity index (χ4n) is 5.15. The van der Waals surface area contributed by atoms with Crippen LogP contribution in [0.3, 0.4) is 0 Å². The minimum Gasteiger partial charge on any atom is -0.850 e. The topological polar surface area (TPSA) is 86.3 Å². The molecule has 4 heterocycles. The number of ether oxygens (including phenoxy) is 5. The lowest BCUT2D eigenvalue weighted by Crippen LogP contribution is -2.59. The molecule has 0 amide bonds. The van der Waals surface area contributed by atoms with Gasteiger partial charge in [-0.1, -0.05) is 12.7 Å². The van der Waals surface area contributed by atoms with Crippen LogP contribution in [0.2, 0.25) is 0 Å². The highest BCUT2D eigenvalue weighted by Gasteiger charge is 2.57. The fourth-order valence-corrected chi connectivity index (χ4v) is 6.24. The molecule has 4 rings (SSSR count). The number of halogens is 2. The Morgan fingerprint density at radius 3 is 2.80 bits per heavy atom. The molecule has 0 N–H and O–H groups in total. The molecule has 0 radical (unpaired) electrons. The van der Waals surface area contributed by atoms with Crippen LogP contribution >= 0.6 is 34.2 Å². The van der Waals surface area contributed by atoms with Gasteiger partial charge in [-0.2, -0.15) is 0 Å². The second-order valence-electron chi connectivity index (χ2n) is 8.78. The first-order valence-electron chi connectivity index (χ1n) is 10.6. The molecule has 4 aliphatic heterocycles. The first-order valence-corrected chi connectivity index (χ1v) is 12.2. The van der Waals surface area contributed by atoms with E-state index in [2.05, 4.69) is 29.2 Å². The Hall–Kier alpha value is 0.0300. The van der Waals surface area contributed by atoms with E-state index >= 15 is 0 Å². The molecule has 9 atom stereocenters. The lowest BCUT2D eigenvalue weighted by molar-refractivity contribution is -0.434. The van der Waals surface area contributed by atoms with Crippen LogP contribution in [0.5, 0.6) is 0 Å². The number of allylic oxidation sites excluding steroid dienone is 1. The second-order valence-corrected chi connectivity index (χ2v) is 10.9. The van der Waals surface area contributed by atoms with Gasteiger partial charge in [0.2, 0.25) is 0 Å². The van der Waals surface area contributed by atoms with E-state index in [0.717, 1.165) is 10.0 Å². The Labute approximate surface area is 195 Å². The molecule has 170 valence electrons. The lowest BCUT2D eigenvalue weighted by Gasteiger charge is -2.48. The van der Waals surface area contributed by atoms with Gasteiger partial charge in [0.1, 0.15) is 6.10 Å². The summed E-state index contributed by atoms with van der Waals surface area (Å²) >= 11 is 8.64. The zero-order valence-electron chi connectivity index (χ0n) is 17.1. The van der Waals surface area contributed by atoms with Gasteiger partial charge in [-0.15, -0.1) is 11.6 Å². The van der Waals surface area contributed by atoms with E-state index < -0.39 is 18.0 Å². The summed E-state index contributed by atoms with van der Waals surface area (Å²) in [5.41, 5.74) is 0. The van der Waals surface area contributed by atoms with E-state index in [0.29, 0.717) is 32.1 Å². The van der Waals surface area contributed by atoms with Crippen LogP contribution < -0.4 is 5.11 Å². The summed E-state index contributed by atoms with van der Waals surface area (Å²) in [4.78, 5) is 11.7. The van der Waals surface area contributed by atoms with Crippen molar-refractivity contribution in [2.24, 2.45) is 0 Å². The maximum Gasteiger partial charge on any atom is 0.308 e. The van der Waals surface area contributed by atoms with Crippen LogP contribution in [-0.4, -0.2) is 67.0 Å². The molecule has 9 heteroatoms. The van der Waals surface area contributed by atoms with Crippen LogP contribution in [0.1, 0.15) is 51.4 Å². The predicted octanol–water partition coefficient (Wildman–Crippen LogP) is 2.59. The SMILES string of the molecule is C=C(I)C[C@H](Cl)CC[C@]12CC([O-])C(O1)C1C[C@@H](O2)C2O[C@@H](CC(=O)OC)CC[C@@H]2O1. The number of esters is 1. The number of hydrogen-bond donors (Lipinski definition) is 0. The largest absolute Gasteiger partial charge is 0.850 e. The molecule has 4 unspecified atom stereocenters. The highest BCUT2D eigenvalue weighted by atomic mass is 127. The molecule has 7 nitrogen and oxygen atoms in total. The number of rotatable bonds is 7. The van der Waals surface area contributed by atoms with Crippen molar-refractivity contribution in [3.63, 3.8) is 0 Å². The number of alkyl halides is 1. The van der Waals surface area contributed by atoms with Gasteiger partial charge >= 0.3 is 5.97 Å². The summed E-state index contributed by atoms with van der Waals surface area (Å²) in [5, 5.41) is 12.7. The van der Waals surface area contributed by atoms with Crippen molar-refractivity contribution in [3.05, 3.63) is 10.2 Å². The van der Waals surface area contributed by atoms with Crippen molar-refractivity contribution in [1.29, 1.82) is 0 Å². The molecule has 0 aromatic carbocycles. The Kier molecular flexibility index (Phi) is 7.34. The zero-order valence-corrected chi connectivity index (χ0v) is 20.0. The van der Waals surface area contributed by atoms with E-state index in [4.69, 9.17) is 35.3 Å². The average molecular weight is 556 g/mol. The molecule has 0 spiro atoms. The fraction of sp³-hybridized carbons (Fsp3) is 0.857. The maximum atomic E-state index is 12.8. The number of fused-ring (bicyclic) bond motifs is 7. The van der Waals surface area contributed by atoms with Gasteiger partial charge in [-0.3, -0.25) is 4.79 Å². The molecule has 0 aliphatic carbocycles. The number of methoxy groups -OCH3 is 1. The van der Waals surface area contributed by atoms with Gasteiger partial charge in [0.15, 0.2) is 5.79 Å². The van der Waals surface area contributed by atoms with Crippen LogP contribution in [0.25, 0.3) is 0 Å². The lowest BCUT2D eigenvalue weighted by atomic mass is 9.86.